The van der Waals surface area contributed by atoms with E-state index in [2.05, 4.69) is 24.5 Å². The molecule has 2 rings (SSSR count). The molecule has 1 aromatic carbocycles. The fraction of sp³-hybridized carbons (Fsp3) is 0.556. The molecule has 6 nitrogen and oxygen atoms in total. The van der Waals surface area contributed by atoms with E-state index in [4.69, 9.17) is 5.73 Å². The SMILES string of the molecule is CC(C)(NC(=O)Nc1ccccc1)C(=O)N1CCC(N)C(C)(C)C1. The number of carbonyl (C=O) groups is 2. The van der Waals surface area contributed by atoms with Crippen molar-refractivity contribution >= 4 is 17.6 Å². The van der Waals surface area contributed by atoms with Gasteiger partial charge in [0.1, 0.15) is 5.54 Å². The number of rotatable bonds is 3. The second-order valence-corrected chi connectivity index (χ2v) is 7.68. The molecule has 0 radical (unpaired) electrons. The van der Waals surface area contributed by atoms with E-state index in [-0.39, 0.29) is 17.4 Å². The third-order valence-corrected chi connectivity index (χ3v) is 4.59. The minimum atomic E-state index is -0.990. The number of nitrogens with zero attached hydrogens (tertiary/aromatic N) is 1. The highest BCUT2D eigenvalue weighted by atomic mass is 16.2. The topological polar surface area (TPSA) is 87.5 Å². The lowest BCUT2D eigenvalue weighted by Crippen LogP contribution is -2.61. The number of nitrogens with one attached hydrogen (secondary N) is 2. The standard InChI is InChI=1S/C18H28N4O2/c1-17(2)12-22(11-10-14(17)19)15(23)18(3,4)21-16(24)20-13-8-6-5-7-9-13/h5-9,14H,10-12,19H2,1-4H3,(H2,20,21,24). The number of hydrogen-bond donors (Lipinski definition) is 3. The predicted octanol–water partition coefficient (Wildman–Crippen LogP) is 2.17. The molecule has 1 heterocycles. The summed E-state index contributed by atoms with van der Waals surface area (Å²) in [7, 11) is 0. The first-order valence-corrected chi connectivity index (χ1v) is 8.31. The molecule has 0 aliphatic carbocycles. The van der Waals surface area contributed by atoms with Crippen molar-refractivity contribution in [2.75, 3.05) is 18.4 Å². The third kappa shape index (κ3) is 4.26. The third-order valence-electron chi connectivity index (χ3n) is 4.59. The zero-order valence-corrected chi connectivity index (χ0v) is 14.9. The average Bonchev–Trinajstić information content (AvgIpc) is 2.49. The molecule has 0 bridgehead atoms. The van der Waals surface area contributed by atoms with Crippen LogP contribution in [0, 0.1) is 5.41 Å². The second kappa shape index (κ2) is 6.81. The first-order valence-electron chi connectivity index (χ1n) is 8.31. The Labute approximate surface area is 143 Å². The van der Waals surface area contributed by atoms with Gasteiger partial charge in [-0.25, -0.2) is 4.79 Å². The number of hydrogen-bond acceptors (Lipinski definition) is 3. The molecule has 4 N–H and O–H groups in total. The Bertz CT molecular complexity index is 598. The summed E-state index contributed by atoms with van der Waals surface area (Å²) in [6.07, 6.45) is 0.769. The molecule has 132 valence electrons. The minimum absolute atomic E-state index is 0.0824. The molecule has 1 unspecified atom stereocenters. The number of likely N-dealkylation sites (tertiary alicyclic amines) is 1. The van der Waals surface area contributed by atoms with Crippen LogP contribution in [-0.2, 0) is 4.79 Å². The van der Waals surface area contributed by atoms with E-state index in [9.17, 15) is 9.59 Å². The predicted molar refractivity (Wildman–Crippen MR) is 95.6 cm³/mol. The Morgan fingerprint density at radius 1 is 1.25 bits per heavy atom. The molecule has 1 aliphatic rings. The quantitative estimate of drug-likeness (QED) is 0.793. The monoisotopic (exact) mass is 332 g/mol. The van der Waals surface area contributed by atoms with Gasteiger partial charge in [0.2, 0.25) is 5.91 Å². The van der Waals surface area contributed by atoms with Gasteiger partial charge >= 0.3 is 6.03 Å². The number of para-hydroxylation sites is 1. The van der Waals surface area contributed by atoms with Crippen molar-refractivity contribution < 1.29 is 9.59 Å². The number of urea groups is 1. The minimum Gasteiger partial charge on any atom is -0.340 e. The Balaban J connectivity index is 1.98. The van der Waals surface area contributed by atoms with Crippen LogP contribution in [0.25, 0.3) is 0 Å². The fourth-order valence-electron chi connectivity index (χ4n) is 2.96. The van der Waals surface area contributed by atoms with Crippen LogP contribution >= 0.6 is 0 Å². The first kappa shape index (κ1) is 18.3. The molecule has 0 aromatic heterocycles. The van der Waals surface area contributed by atoms with Gasteiger partial charge in [0.05, 0.1) is 0 Å². The number of amides is 3. The number of anilines is 1. The van der Waals surface area contributed by atoms with Crippen LogP contribution in [0.2, 0.25) is 0 Å². The maximum absolute atomic E-state index is 12.8. The lowest BCUT2D eigenvalue weighted by atomic mass is 9.79. The summed E-state index contributed by atoms with van der Waals surface area (Å²) in [5, 5.41) is 5.51. The van der Waals surface area contributed by atoms with Crippen LogP contribution in [-0.4, -0.2) is 41.5 Å². The summed E-state index contributed by atoms with van der Waals surface area (Å²) >= 11 is 0. The zero-order valence-electron chi connectivity index (χ0n) is 14.9. The second-order valence-electron chi connectivity index (χ2n) is 7.68. The lowest BCUT2D eigenvalue weighted by Gasteiger charge is -2.44. The van der Waals surface area contributed by atoms with Crippen molar-refractivity contribution in [3.05, 3.63) is 30.3 Å². The zero-order chi connectivity index (χ0) is 18.0. The van der Waals surface area contributed by atoms with Crippen LogP contribution in [0.15, 0.2) is 30.3 Å². The van der Waals surface area contributed by atoms with Crippen molar-refractivity contribution in [3.63, 3.8) is 0 Å². The van der Waals surface area contributed by atoms with Gasteiger partial charge in [0.25, 0.3) is 0 Å². The van der Waals surface area contributed by atoms with Gasteiger partial charge in [-0.05, 0) is 37.8 Å². The summed E-state index contributed by atoms with van der Waals surface area (Å²) in [5.74, 6) is -0.0920. The molecule has 1 fully saturated rings. The fourth-order valence-corrected chi connectivity index (χ4v) is 2.96. The molecule has 1 atom stereocenters. The van der Waals surface area contributed by atoms with Gasteiger partial charge in [0, 0.05) is 24.8 Å². The van der Waals surface area contributed by atoms with E-state index < -0.39 is 11.6 Å². The molecule has 0 spiro atoms. The molecule has 1 aliphatic heterocycles. The highest BCUT2D eigenvalue weighted by molar-refractivity contribution is 5.95. The Morgan fingerprint density at radius 3 is 2.46 bits per heavy atom. The van der Waals surface area contributed by atoms with Gasteiger partial charge < -0.3 is 21.3 Å². The van der Waals surface area contributed by atoms with Gasteiger partial charge in [-0.15, -0.1) is 0 Å². The number of carbonyl (C=O) groups excluding carboxylic acids is 2. The highest BCUT2D eigenvalue weighted by Gasteiger charge is 2.40. The summed E-state index contributed by atoms with van der Waals surface area (Å²) in [5.41, 5.74) is 5.70. The van der Waals surface area contributed by atoms with Gasteiger partial charge in [-0.1, -0.05) is 32.0 Å². The summed E-state index contributed by atoms with van der Waals surface area (Å²) < 4.78 is 0. The Hall–Kier alpha value is -2.08. The largest absolute Gasteiger partial charge is 0.340 e. The molecule has 0 saturated carbocycles. The smallest absolute Gasteiger partial charge is 0.320 e. The van der Waals surface area contributed by atoms with E-state index in [1.807, 2.05) is 18.2 Å². The maximum Gasteiger partial charge on any atom is 0.320 e. The summed E-state index contributed by atoms with van der Waals surface area (Å²) in [6, 6.07) is 8.83. The van der Waals surface area contributed by atoms with Gasteiger partial charge in [-0.2, -0.15) is 0 Å². The highest BCUT2D eigenvalue weighted by Crippen LogP contribution is 2.29. The average molecular weight is 332 g/mol. The Morgan fingerprint density at radius 2 is 1.88 bits per heavy atom. The van der Waals surface area contributed by atoms with Crippen LogP contribution in [0.5, 0.6) is 0 Å². The Kier molecular flexibility index (Phi) is 5.18. The number of nitrogens with two attached hydrogens (primary N) is 1. The molecular formula is C18H28N4O2. The van der Waals surface area contributed by atoms with Crippen molar-refractivity contribution in [1.29, 1.82) is 0 Å². The van der Waals surface area contributed by atoms with E-state index in [1.165, 1.54) is 0 Å². The van der Waals surface area contributed by atoms with Crippen LogP contribution in [0.1, 0.15) is 34.1 Å². The van der Waals surface area contributed by atoms with Crippen LogP contribution in [0.4, 0.5) is 10.5 Å². The summed E-state index contributed by atoms with van der Waals surface area (Å²) in [4.78, 5) is 26.8. The molecule has 1 saturated heterocycles. The number of piperidine rings is 1. The van der Waals surface area contributed by atoms with E-state index in [0.717, 1.165) is 6.42 Å². The van der Waals surface area contributed by atoms with E-state index >= 15 is 0 Å². The van der Waals surface area contributed by atoms with Crippen molar-refractivity contribution in [3.8, 4) is 0 Å². The van der Waals surface area contributed by atoms with Crippen LogP contribution in [0.3, 0.4) is 0 Å². The maximum atomic E-state index is 12.8. The molecule has 6 heteroatoms. The van der Waals surface area contributed by atoms with Crippen molar-refractivity contribution in [2.45, 2.75) is 45.7 Å². The first-order chi connectivity index (χ1) is 11.1. The molecule has 3 amide bonds. The lowest BCUT2D eigenvalue weighted by molar-refractivity contribution is -0.140. The molecule has 24 heavy (non-hydrogen) atoms. The normalized spacial score (nSPS) is 20.4. The van der Waals surface area contributed by atoms with Gasteiger partial charge in [0.15, 0.2) is 0 Å². The molecule has 1 aromatic rings. The van der Waals surface area contributed by atoms with E-state index in [1.54, 1.807) is 30.9 Å². The van der Waals surface area contributed by atoms with Gasteiger partial charge in [-0.3, -0.25) is 4.79 Å². The van der Waals surface area contributed by atoms with E-state index in [0.29, 0.717) is 18.8 Å². The summed E-state index contributed by atoms with van der Waals surface area (Å²) in [6.45, 7) is 8.80. The molecular weight excluding hydrogens is 304 g/mol. The van der Waals surface area contributed by atoms with Crippen molar-refractivity contribution in [1.82, 2.24) is 10.2 Å². The van der Waals surface area contributed by atoms with Crippen molar-refractivity contribution in [2.24, 2.45) is 11.1 Å². The number of benzene rings is 1. The van der Waals surface area contributed by atoms with Crippen LogP contribution < -0.4 is 16.4 Å².